The van der Waals surface area contributed by atoms with Crippen molar-refractivity contribution in [3.8, 4) is 0 Å². The normalized spacial score (nSPS) is 13.8. The maximum atomic E-state index is 11.1. The van der Waals surface area contributed by atoms with Crippen LogP contribution in [0.15, 0.2) is 18.2 Å². The van der Waals surface area contributed by atoms with Crippen LogP contribution in [0.4, 0.5) is 0 Å². The molecule has 6 heteroatoms. The van der Waals surface area contributed by atoms with Crippen LogP contribution in [-0.2, 0) is 16.0 Å². The topological polar surface area (TPSA) is 66.4 Å². The summed E-state index contributed by atoms with van der Waals surface area (Å²) < 4.78 is 0. The molecule has 1 amide bonds. The van der Waals surface area contributed by atoms with Crippen molar-refractivity contribution in [1.82, 2.24) is 5.32 Å². The molecule has 92 valence electrons. The minimum absolute atomic E-state index is 0.123. The van der Waals surface area contributed by atoms with Crippen molar-refractivity contribution in [2.24, 2.45) is 0 Å². The van der Waals surface area contributed by atoms with Gasteiger partial charge in [0.25, 0.3) is 0 Å². The monoisotopic (exact) mass is 275 g/mol. The number of carbonyl (C=O) groups is 2. The van der Waals surface area contributed by atoms with Crippen LogP contribution in [0.1, 0.15) is 12.5 Å². The van der Waals surface area contributed by atoms with E-state index in [4.69, 9.17) is 28.3 Å². The lowest BCUT2D eigenvalue weighted by atomic mass is 9.93. The molecular formula is C11H11Cl2NO3. The minimum Gasteiger partial charge on any atom is -0.480 e. The Kier molecular flexibility index (Phi) is 4.37. The largest absolute Gasteiger partial charge is 0.480 e. The Morgan fingerprint density at radius 3 is 2.59 bits per heavy atom. The number of aliphatic carboxylic acids is 1. The Balaban J connectivity index is 2.97. The van der Waals surface area contributed by atoms with Gasteiger partial charge in [0, 0.05) is 6.42 Å². The number of benzene rings is 1. The number of halogens is 2. The van der Waals surface area contributed by atoms with E-state index in [9.17, 15) is 9.59 Å². The molecule has 1 atom stereocenters. The maximum Gasteiger partial charge on any atom is 0.329 e. The van der Waals surface area contributed by atoms with Gasteiger partial charge in [-0.1, -0.05) is 29.3 Å². The minimum atomic E-state index is -1.36. The lowest BCUT2D eigenvalue weighted by molar-refractivity contribution is -0.145. The molecule has 0 fully saturated rings. The van der Waals surface area contributed by atoms with Crippen molar-refractivity contribution in [3.05, 3.63) is 33.8 Å². The van der Waals surface area contributed by atoms with E-state index in [0.29, 0.717) is 22.0 Å². The van der Waals surface area contributed by atoms with Crippen LogP contribution < -0.4 is 5.32 Å². The Hall–Kier alpha value is -1.26. The molecule has 0 aliphatic rings. The van der Waals surface area contributed by atoms with Gasteiger partial charge < -0.3 is 10.4 Å². The summed E-state index contributed by atoms with van der Waals surface area (Å²) in [5.74, 6) is -1.12. The number of amides is 1. The van der Waals surface area contributed by atoms with Crippen LogP contribution in [0.2, 0.25) is 10.0 Å². The van der Waals surface area contributed by atoms with Crippen molar-refractivity contribution in [3.63, 3.8) is 0 Å². The molecule has 17 heavy (non-hydrogen) atoms. The average molecular weight is 276 g/mol. The van der Waals surface area contributed by atoms with E-state index in [0.717, 1.165) is 0 Å². The number of nitrogens with one attached hydrogen (secondary N) is 1. The molecule has 0 aliphatic heterocycles. The van der Waals surface area contributed by atoms with Gasteiger partial charge in [-0.15, -0.1) is 0 Å². The van der Waals surface area contributed by atoms with E-state index in [1.807, 2.05) is 0 Å². The molecule has 1 aromatic rings. The zero-order valence-electron chi connectivity index (χ0n) is 9.04. The number of carboxylic acid groups (broad SMARTS) is 1. The average Bonchev–Trinajstić information content (AvgIpc) is 2.23. The number of carboxylic acids is 1. The highest BCUT2D eigenvalue weighted by atomic mass is 35.5. The lowest BCUT2D eigenvalue weighted by Crippen LogP contribution is -2.50. The number of hydrogen-bond acceptors (Lipinski definition) is 2. The predicted octanol–water partition coefficient (Wildman–Crippen LogP) is 2.13. The summed E-state index contributed by atoms with van der Waals surface area (Å²) in [6.45, 7) is 1.42. The summed E-state index contributed by atoms with van der Waals surface area (Å²) in [4.78, 5) is 21.5. The number of hydrogen-bond donors (Lipinski definition) is 2. The van der Waals surface area contributed by atoms with E-state index in [1.165, 1.54) is 6.92 Å². The first kappa shape index (κ1) is 13.8. The third-order valence-electron chi connectivity index (χ3n) is 2.39. The molecule has 0 radical (unpaired) electrons. The zero-order chi connectivity index (χ0) is 13.1. The maximum absolute atomic E-state index is 11.1. The molecule has 1 rings (SSSR count). The van der Waals surface area contributed by atoms with Crippen molar-refractivity contribution in [2.45, 2.75) is 18.9 Å². The van der Waals surface area contributed by atoms with Gasteiger partial charge in [-0.05, 0) is 24.6 Å². The quantitative estimate of drug-likeness (QED) is 0.809. The predicted molar refractivity (Wildman–Crippen MR) is 65.4 cm³/mol. The number of carbonyl (C=O) groups excluding carboxylic acids is 1. The Morgan fingerprint density at radius 2 is 2.12 bits per heavy atom. The summed E-state index contributed by atoms with van der Waals surface area (Å²) in [7, 11) is 0. The molecule has 0 heterocycles. The van der Waals surface area contributed by atoms with Crippen molar-refractivity contribution >= 4 is 35.6 Å². The first-order valence-electron chi connectivity index (χ1n) is 4.78. The highest BCUT2D eigenvalue weighted by Gasteiger charge is 2.32. The first-order valence-corrected chi connectivity index (χ1v) is 5.53. The van der Waals surface area contributed by atoms with E-state index < -0.39 is 11.5 Å². The van der Waals surface area contributed by atoms with Crippen LogP contribution in [-0.4, -0.2) is 23.0 Å². The molecule has 1 unspecified atom stereocenters. The SMILES string of the molecule is CC(Cc1ccc(Cl)c(Cl)c1)(NC=O)C(=O)O. The fourth-order valence-electron chi connectivity index (χ4n) is 1.38. The second kappa shape index (κ2) is 5.38. The van der Waals surface area contributed by atoms with Crippen LogP contribution in [0, 0.1) is 0 Å². The van der Waals surface area contributed by atoms with Crippen molar-refractivity contribution < 1.29 is 14.7 Å². The molecule has 4 nitrogen and oxygen atoms in total. The summed E-state index contributed by atoms with van der Waals surface area (Å²) in [6.07, 6.45) is 0.490. The first-order chi connectivity index (χ1) is 7.89. The fourth-order valence-corrected chi connectivity index (χ4v) is 1.70. The molecule has 0 saturated carbocycles. The van der Waals surface area contributed by atoms with Crippen LogP contribution in [0.25, 0.3) is 0 Å². The van der Waals surface area contributed by atoms with Gasteiger partial charge in [-0.25, -0.2) is 4.79 Å². The molecule has 0 bridgehead atoms. The van der Waals surface area contributed by atoms with Gasteiger partial charge in [-0.3, -0.25) is 4.79 Å². The van der Waals surface area contributed by atoms with E-state index in [-0.39, 0.29) is 6.42 Å². The van der Waals surface area contributed by atoms with Crippen molar-refractivity contribution in [2.75, 3.05) is 0 Å². The lowest BCUT2D eigenvalue weighted by Gasteiger charge is -2.24. The second-order valence-electron chi connectivity index (χ2n) is 3.82. The standard InChI is InChI=1S/C11H11Cl2NO3/c1-11(10(16)17,14-6-15)5-7-2-3-8(12)9(13)4-7/h2-4,6H,5H2,1H3,(H,14,15)(H,16,17). The molecule has 0 spiro atoms. The van der Waals surface area contributed by atoms with E-state index in [1.54, 1.807) is 18.2 Å². The Morgan fingerprint density at radius 1 is 1.47 bits per heavy atom. The fraction of sp³-hybridized carbons (Fsp3) is 0.273. The zero-order valence-corrected chi connectivity index (χ0v) is 10.5. The van der Waals surface area contributed by atoms with Crippen LogP contribution in [0.5, 0.6) is 0 Å². The van der Waals surface area contributed by atoms with Gasteiger partial charge in [0.2, 0.25) is 6.41 Å². The molecule has 0 saturated heterocycles. The van der Waals surface area contributed by atoms with Gasteiger partial charge in [0.05, 0.1) is 10.0 Å². The molecular weight excluding hydrogens is 265 g/mol. The van der Waals surface area contributed by atoms with Gasteiger partial charge in [-0.2, -0.15) is 0 Å². The van der Waals surface area contributed by atoms with E-state index >= 15 is 0 Å². The van der Waals surface area contributed by atoms with Crippen LogP contribution in [0.3, 0.4) is 0 Å². The third-order valence-corrected chi connectivity index (χ3v) is 3.13. The smallest absolute Gasteiger partial charge is 0.329 e. The van der Waals surface area contributed by atoms with Crippen molar-refractivity contribution in [1.29, 1.82) is 0 Å². The second-order valence-corrected chi connectivity index (χ2v) is 4.64. The Labute approximate surface area is 109 Å². The molecule has 0 aromatic heterocycles. The summed E-state index contributed by atoms with van der Waals surface area (Å²) in [5, 5.41) is 12.1. The van der Waals surface area contributed by atoms with E-state index in [2.05, 4.69) is 5.32 Å². The summed E-state index contributed by atoms with van der Waals surface area (Å²) >= 11 is 11.6. The number of rotatable bonds is 5. The third kappa shape index (κ3) is 3.35. The highest BCUT2D eigenvalue weighted by Crippen LogP contribution is 2.24. The highest BCUT2D eigenvalue weighted by molar-refractivity contribution is 6.42. The molecule has 0 aliphatic carbocycles. The van der Waals surface area contributed by atoms with Gasteiger partial charge in [0.1, 0.15) is 5.54 Å². The summed E-state index contributed by atoms with van der Waals surface area (Å²) in [6, 6.07) is 4.84. The molecule has 1 aromatic carbocycles. The van der Waals surface area contributed by atoms with Gasteiger partial charge in [0.15, 0.2) is 0 Å². The summed E-state index contributed by atoms with van der Waals surface area (Å²) in [5.41, 5.74) is -0.683. The Bertz CT molecular complexity index is 450. The van der Waals surface area contributed by atoms with Crippen LogP contribution >= 0.6 is 23.2 Å². The molecule has 2 N–H and O–H groups in total. The van der Waals surface area contributed by atoms with Gasteiger partial charge >= 0.3 is 5.97 Å².